The quantitative estimate of drug-likeness (QED) is 0.611. The number of nitrogens with zero attached hydrogens (tertiary/aromatic N) is 1. The van der Waals surface area contributed by atoms with E-state index >= 15 is 0 Å². The third kappa shape index (κ3) is 5.87. The monoisotopic (exact) mass is 439 g/mol. The summed E-state index contributed by atoms with van der Waals surface area (Å²) in [4.78, 5) is 36.9. The maximum atomic E-state index is 12.7. The zero-order chi connectivity index (χ0) is 23.3. The van der Waals surface area contributed by atoms with E-state index in [0.717, 1.165) is 27.2 Å². The van der Waals surface area contributed by atoms with Gasteiger partial charge < -0.3 is 14.6 Å². The lowest BCUT2D eigenvalue weighted by molar-refractivity contribution is -0.154. The molecule has 0 fully saturated rings. The van der Waals surface area contributed by atoms with Crippen molar-refractivity contribution in [1.29, 1.82) is 0 Å². The number of fused-ring (bicyclic) bond motifs is 3. The van der Waals surface area contributed by atoms with Crippen LogP contribution < -0.4 is 0 Å². The Labute approximate surface area is 187 Å². The van der Waals surface area contributed by atoms with Gasteiger partial charge in [-0.25, -0.2) is 4.79 Å². The Balaban J connectivity index is 1.62. The molecule has 0 saturated carbocycles. The summed E-state index contributed by atoms with van der Waals surface area (Å²) < 4.78 is 10.8. The van der Waals surface area contributed by atoms with Crippen LogP contribution in [0.4, 0.5) is 4.79 Å². The average Bonchev–Trinajstić information content (AvgIpc) is 3.03. The van der Waals surface area contributed by atoms with Crippen molar-refractivity contribution in [2.24, 2.45) is 0 Å². The fourth-order valence-corrected chi connectivity index (χ4v) is 3.89. The van der Waals surface area contributed by atoms with Gasteiger partial charge in [0.05, 0.1) is 0 Å². The molecule has 0 saturated heterocycles. The highest BCUT2D eigenvalue weighted by molar-refractivity contribution is 5.79. The Morgan fingerprint density at radius 2 is 1.53 bits per heavy atom. The second-order valence-corrected chi connectivity index (χ2v) is 8.81. The van der Waals surface area contributed by atoms with Crippen molar-refractivity contribution in [2.45, 2.75) is 45.1 Å². The minimum Gasteiger partial charge on any atom is -0.480 e. The highest BCUT2D eigenvalue weighted by atomic mass is 16.6. The molecule has 1 amide bonds. The topological polar surface area (TPSA) is 93.1 Å². The molecule has 7 heteroatoms. The van der Waals surface area contributed by atoms with E-state index in [-0.39, 0.29) is 37.9 Å². The molecular formula is C25H29NO6. The van der Waals surface area contributed by atoms with Crippen LogP contribution in [0.5, 0.6) is 0 Å². The molecule has 0 aliphatic heterocycles. The number of aliphatic carboxylic acids is 1. The van der Waals surface area contributed by atoms with Gasteiger partial charge in [-0.15, -0.1) is 0 Å². The van der Waals surface area contributed by atoms with E-state index in [2.05, 4.69) is 0 Å². The maximum absolute atomic E-state index is 12.7. The standard InChI is InChI=1S/C25H29NO6/c1-25(2,3)32-23(29)13-8-14-26(15-22(27)28)24(30)31-16-21-19-11-6-4-9-17(19)18-10-5-7-12-20(18)21/h4-7,9-12,21H,8,13-16H2,1-3H3,(H,27,28). The highest BCUT2D eigenvalue weighted by Gasteiger charge is 2.30. The summed E-state index contributed by atoms with van der Waals surface area (Å²) in [6.45, 7) is 5.03. The van der Waals surface area contributed by atoms with E-state index in [1.54, 1.807) is 20.8 Å². The van der Waals surface area contributed by atoms with Crippen molar-refractivity contribution in [3.05, 3.63) is 59.7 Å². The van der Waals surface area contributed by atoms with E-state index < -0.39 is 24.2 Å². The van der Waals surface area contributed by atoms with Crippen molar-refractivity contribution in [2.75, 3.05) is 19.7 Å². The molecule has 2 aromatic carbocycles. The van der Waals surface area contributed by atoms with Gasteiger partial charge in [0.2, 0.25) is 0 Å². The first-order chi connectivity index (χ1) is 15.2. The van der Waals surface area contributed by atoms with Crippen LogP contribution in [0.15, 0.2) is 48.5 Å². The van der Waals surface area contributed by atoms with Gasteiger partial charge in [0.15, 0.2) is 0 Å². The molecule has 3 rings (SSSR count). The minimum atomic E-state index is -1.14. The van der Waals surface area contributed by atoms with Crippen LogP contribution in [0, 0.1) is 0 Å². The molecule has 0 spiro atoms. The van der Waals surface area contributed by atoms with Crippen LogP contribution in [0.25, 0.3) is 11.1 Å². The Kier molecular flexibility index (Phi) is 7.18. The van der Waals surface area contributed by atoms with Crippen molar-refractivity contribution in [1.82, 2.24) is 4.90 Å². The summed E-state index contributed by atoms with van der Waals surface area (Å²) in [5, 5.41) is 9.19. The number of carboxylic acid groups (broad SMARTS) is 1. The molecule has 1 aliphatic rings. The van der Waals surface area contributed by atoms with E-state index in [0.29, 0.717) is 0 Å². The van der Waals surface area contributed by atoms with Gasteiger partial charge in [0, 0.05) is 18.9 Å². The SMILES string of the molecule is CC(C)(C)OC(=O)CCCN(CC(=O)O)C(=O)OCC1c2ccccc2-c2ccccc21. The second kappa shape index (κ2) is 9.85. The number of rotatable bonds is 8. The summed E-state index contributed by atoms with van der Waals surface area (Å²) in [7, 11) is 0. The zero-order valence-corrected chi connectivity index (χ0v) is 18.7. The molecule has 0 bridgehead atoms. The molecular weight excluding hydrogens is 410 g/mol. The molecule has 32 heavy (non-hydrogen) atoms. The minimum absolute atomic E-state index is 0.0855. The van der Waals surface area contributed by atoms with Gasteiger partial charge in [-0.05, 0) is 49.4 Å². The number of carboxylic acids is 1. The maximum Gasteiger partial charge on any atom is 0.410 e. The zero-order valence-electron chi connectivity index (χ0n) is 18.7. The number of amides is 1. The Hall–Kier alpha value is -3.35. The summed E-state index contributed by atoms with van der Waals surface area (Å²) >= 11 is 0. The van der Waals surface area contributed by atoms with Gasteiger partial charge in [0.25, 0.3) is 0 Å². The van der Waals surface area contributed by atoms with Crippen LogP contribution in [0.1, 0.15) is 50.7 Å². The molecule has 1 aliphatic carbocycles. The van der Waals surface area contributed by atoms with Crippen molar-refractivity contribution in [3.63, 3.8) is 0 Å². The van der Waals surface area contributed by atoms with Crippen LogP contribution in [-0.4, -0.2) is 53.3 Å². The first-order valence-electron chi connectivity index (χ1n) is 10.7. The molecule has 170 valence electrons. The normalized spacial score (nSPS) is 12.6. The summed E-state index contributed by atoms with van der Waals surface area (Å²) in [5.41, 5.74) is 3.80. The molecule has 7 nitrogen and oxygen atoms in total. The fourth-order valence-electron chi connectivity index (χ4n) is 3.89. The molecule has 0 radical (unpaired) electrons. The van der Waals surface area contributed by atoms with Crippen molar-refractivity contribution < 1.29 is 29.0 Å². The summed E-state index contributed by atoms with van der Waals surface area (Å²) in [5.74, 6) is -1.64. The number of carbonyl (C=O) groups is 3. The smallest absolute Gasteiger partial charge is 0.410 e. The lowest BCUT2D eigenvalue weighted by Crippen LogP contribution is -2.37. The Morgan fingerprint density at radius 3 is 2.06 bits per heavy atom. The first-order valence-corrected chi connectivity index (χ1v) is 10.7. The number of esters is 1. The number of ether oxygens (including phenoxy) is 2. The first kappa shape index (κ1) is 23.3. The van der Waals surface area contributed by atoms with Gasteiger partial charge in [-0.1, -0.05) is 48.5 Å². The third-order valence-corrected chi connectivity index (χ3v) is 5.15. The third-order valence-electron chi connectivity index (χ3n) is 5.15. The molecule has 0 unspecified atom stereocenters. The number of benzene rings is 2. The van der Waals surface area contributed by atoms with Crippen LogP contribution in [-0.2, 0) is 19.1 Å². The van der Waals surface area contributed by atoms with Crippen LogP contribution in [0.2, 0.25) is 0 Å². The molecule has 0 atom stereocenters. The van der Waals surface area contributed by atoms with E-state index in [9.17, 15) is 19.5 Å². The summed E-state index contributed by atoms with van der Waals surface area (Å²) in [6.07, 6.45) is -0.338. The fraction of sp³-hybridized carbons (Fsp3) is 0.400. The highest BCUT2D eigenvalue weighted by Crippen LogP contribution is 2.44. The molecule has 0 heterocycles. The average molecular weight is 440 g/mol. The van der Waals surface area contributed by atoms with Crippen molar-refractivity contribution >= 4 is 18.0 Å². The predicted octanol–water partition coefficient (Wildman–Crippen LogP) is 4.44. The van der Waals surface area contributed by atoms with Gasteiger partial charge in [0.1, 0.15) is 18.8 Å². The van der Waals surface area contributed by atoms with Gasteiger partial charge >= 0.3 is 18.0 Å². The lowest BCUT2D eigenvalue weighted by atomic mass is 9.98. The van der Waals surface area contributed by atoms with E-state index in [1.807, 2.05) is 48.5 Å². The molecule has 2 aromatic rings. The molecule has 0 aromatic heterocycles. The number of hydrogen-bond acceptors (Lipinski definition) is 5. The number of hydrogen-bond donors (Lipinski definition) is 1. The molecule has 1 N–H and O–H groups in total. The Bertz CT molecular complexity index is 948. The number of carbonyl (C=O) groups excluding carboxylic acids is 2. The predicted molar refractivity (Wildman–Crippen MR) is 119 cm³/mol. The van der Waals surface area contributed by atoms with Gasteiger partial charge in [-0.3, -0.25) is 14.5 Å². The summed E-state index contributed by atoms with van der Waals surface area (Å²) in [6, 6.07) is 16.0. The lowest BCUT2D eigenvalue weighted by Gasteiger charge is -2.23. The second-order valence-electron chi connectivity index (χ2n) is 8.81. The van der Waals surface area contributed by atoms with E-state index in [4.69, 9.17) is 9.47 Å². The van der Waals surface area contributed by atoms with Crippen LogP contribution in [0.3, 0.4) is 0 Å². The largest absolute Gasteiger partial charge is 0.480 e. The van der Waals surface area contributed by atoms with Gasteiger partial charge in [-0.2, -0.15) is 0 Å². The van der Waals surface area contributed by atoms with Crippen molar-refractivity contribution in [3.8, 4) is 11.1 Å². The van der Waals surface area contributed by atoms with E-state index in [1.165, 1.54) is 0 Å². The Morgan fingerprint density at radius 1 is 0.969 bits per heavy atom. The van der Waals surface area contributed by atoms with Crippen LogP contribution >= 0.6 is 0 Å².